The van der Waals surface area contributed by atoms with Crippen molar-refractivity contribution >= 4 is 16.0 Å². The lowest BCUT2D eigenvalue weighted by atomic mass is 9.91. The van der Waals surface area contributed by atoms with E-state index in [1.807, 2.05) is 6.07 Å². The van der Waals surface area contributed by atoms with Gasteiger partial charge in [-0.1, -0.05) is 0 Å². The fourth-order valence-corrected chi connectivity index (χ4v) is 5.15. The first-order valence-corrected chi connectivity index (χ1v) is 10.5. The normalized spacial score (nSPS) is 16.9. The van der Waals surface area contributed by atoms with Crippen LogP contribution in [-0.4, -0.2) is 56.1 Å². The number of sulfonamides is 1. The molecule has 0 amide bonds. The highest BCUT2D eigenvalue weighted by atomic mass is 32.2. The zero-order valence-electron chi connectivity index (χ0n) is 17.1. The molecule has 1 aromatic carbocycles. The first-order valence-electron chi connectivity index (χ1n) is 9.06. The lowest BCUT2D eigenvalue weighted by molar-refractivity contribution is -0.141. The highest BCUT2D eigenvalue weighted by Gasteiger charge is 2.39. The molecule has 0 bridgehead atoms. The van der Waals surface area contributed by atoms with Gasteiger partial charge in [-0.2, -0.15) is 4.31 Å². The summed E-state index contributed by atoms with van der Waals surface area (Å²) >= 11 is 0. The number of rotatable bonds is 6. The van der Waals surface area contributed by atoms with E-state index in [9.17, 15) is 13.2 Å². The molecular weight excluding hydrogens is 398 g/mol. The Labute approximate surface area is 170 Å². The van der Waals surface area contributed by atoms with E-state index in [4.69, 9.17) is 14.2 Å². The highest BCUT2D eigenvalue weighted by molar-refractivity contribution is 7.89. The van der Waals surface area contributed by atoms with Gasteiger partial charge < -0.3 is 18.8 Å². The van der Waals surface area contributed by atoms with Crippen LogP contribution in [0.5, 0.6) is 11.5 Å². The summed E-state index contributed by atoms with van der Waals surface area (Å²) in [5.74, 6) is 1.10. The first kappa shape index (κ1) is 21.1. The van der Waals surface area contributed by atoms with Crippen molar-refractivity contribution < 1.29 is 27.4 Å². The predicted octanol–water partition coefficient (Wildman–Crippen LogP) is 1.60. The van der Waals surface area contributed by atoms with Crippen molar-refractivity contribution in [2.75, 3.05) is 27.9 Å². The van der Waals surface area contributed by atoms with Gasteiger partial charge in [0, 0.05) is 19.8 Å². The van der Waals surface area contributed by atoms with Gasteiger partial charge >= 0.3 is 5.97 Å². The van der Waals surface area contributed by atoms with Gasteiger partial charge in [-0.15, -0.1) is 0 Å². The monoisotopic (exact) mass is 423 g/mol. The van der Waals surface area contributed by atoms with E-state index in [2.05, 4.69) is 4.98 Å². The van der Waals surface area contributed by atoms with Crippen molar-refractivity contribution in [2.24, 2.45) is 7.05 Å². The second-order valence-electron chi connectivity index (χ2n) is 6.81. The van der Waals surface area contributed by atoms with Crippen LogP contribution < -0.4 is 9.47 Å². The number of aromatic nitrogens is 2. The number of nitrogens with zero attached hydrogens (tertiary/aromatic N) is 3. The van der Waals surface area contributed by atoms with Crippen molar-refractivity contribution in [3.63, 3.8) is 0 Å². The molecule has 10 heteroatoms. The Morgan fingerprint density at radius 2 is 1.86 bits per heavy atom. The maximum Gasteiger partial charge on any atom is 0.307 e. The summed E-state index contributed by atoms with van der Waals surface area (Å²) < 4.78 is 45.3. The van der Waals surface area contributed by atoms with E-state index >= 15 is 0 Å². The van der Waals surface area contributed by atoms with Gasteiger partial charge in [0.05, 0.1) is 33.8 Å². The molecule has 1 aliphatic rings. The third kappa shape index (κ3) is 3.82. The molecule has 0 fully saturated rings. The summed E-state index contributed by atoms with van der Waals surface area (Å²) in [5.41, 5.74) is 1.59. The predicted molar refractivity (Wildman–Crippen MR) is 104 cm³/mol. The molecule has 0 aliphatic carbocycles. The van der Waals surface area contributed by atoms with Crippen molar-refractivity contribution in [3.8, 4) is 11.5 Å². The number of hydrogen-bond donors (Lipinski definition) is 0. The molecule has 1 aliphatic heterocycles. The molecule has 158 valence electrons. The Morgan fingerprint density at radius 3 is 2.41 bits per heavy atom. The van der Waals surface area contributed by atoms with Crippen molar-refractivity contribution in [1.29, 1.82) is 0 Å². The summed E-state index contributed by atoms with van der Waals surface area (Å²) in [6, 6.07) is 2.82. The minimum atomic E-state index is -3.92. The Hall–Kier alpha value is -2.59. The van der Waals surface area contributed by atoms with Crippen LogP contribution in [0.2, 0.25) is 0 Å². The fourth-order valence-electron chi connectivity index (χ4n) is 3.52. The van der Waals surface area contributed by atoms with E-state index in [0.717, 1.165) is 5.56 Å². The summed E-state index contributed by atoms with van der Waals surface area (Å²) in [5, 5.41) is -0.0451. The summed E-state index contributed by atoms with van der Waals surface area (Å²) in [6.45, 7) is 1.94. The number of fused-ring (bicyclic) bond motifs is 1. The summed E-state index contributed by atoms with van der Waals surface area (Å²) in [7, 11) is 2.14. The molecule has 0 saturated heterocycles. The lowest BCUT2D eigenvalue weighted by Gasteiger charge is -2.35. The lowest BCUT2D eigenvalue weighted by Crippen LogP contribution is -2.41. The van der Waals surface area contributed by atoms with E-state index < -0.39 is 22.0 Å². The summed E-state index contributed by atoms with van der Waals surface area (Å²) in [6.07, 6.45) is 1.83. The van der Waals surface area contributed by atoms with Crippen LogP contribution in [0.25, 0.3) is 0 Å². The Kier molecular flexibility index (Phi) is 5.85. The third-order valence-corrected chi connectivity index (χ3v) is 6.98. The maximum atomic E-state index is 13.4. The third-order valence-electron chi connectivity index (χ3n) is 5.20. The highest BCUT2D eigenvalue weighted by Crippen LogP contribution is 2.41. The second kappa shape index (κ2) is 8.03. The number of ether oxygens (including phenoxy) is 3. The molecule has 0 saturated carbocycles. The van der Waals surface area contributed by atoms with Crippen molar-refractivity contribution in [3.05, 3.63) is 35.3 Å². The zero-order chi connectivity index (χ0) is 21.3. The fraction of sp³-hybridized carbons (Fsp3) is 0.474. The number of carbonyl (C=O) groups is 1. The number of benzene rings is 1. The minimum Gasteiger partial charge on any atom is -0.493 e. The molecule has 0 spiro atoms. The van der Waals surface area contributed by atoms with E-state index in [1.165, 1.54) is 24.7 Å². The molecule has 1 unspecified atom stereocenters. The van der Waals surface area contributed by atoms with Gasteiger partial charge in [0.15, 0.2) is 16.5 Å². The summed E-state index contributed by atoms with van der Waals surface area (Å²) in [4.78, 5) is 16.3. The molecule has 1 atom stereocenters. The Bertz CT molecular complexity index is 1010. The van der Waals surface area contributed by atoms with Crippen molar-refractivity contribution in [1.82, 2.24) is 13.9 Å². The average Bonchev–Trinajstić information content (AvgIpc) is 3.06. The van der Waals surface area contributed by atoms with Crippen molar-refractivity contribution in [2.45, 2.75) is 30.8 Å². The SMILES string of the molecule is COC(=O)CC1c2cc(OC)c(OC)cc2CCN1S(=O)(=O)c1cn(C)c(C)n1. The van der Waals surface area contributed by atoms with Crippen LogP contribution in [0.1, 0.15) is 29.4 Å². The number of methoxy groups -OCH3 is 3. The molecule has 0 radical (unpaired) electrons. The molecular formula is C19H25N3O6S. The van der Waals surface area contributed by atoms with Gasteiger partial charge in [-0.05, 0) is 36.6 Å². The van der Waals surface area contributed by atoms with Crippen LogP contribution in [0.4, 0.5) is 0 Å². The van der Waals surface area contributed by atoms with Crippen LogP contribution in [-0.2, 0) is 33.0 Å². The Balaban J connectivity index is 2.12. The number of aryl methyl sites for hydroxylation is 2. The molecule has 1 aromatic heterocycles. The topological polar surface area (TPSA) is 100.0 Å². The van der Waals surface area contributed by atoms with Gasteiger partial charge in [-0.25, -0.2) is 13.4 Å². The first-order chi connectivity index (χ1) is 13.7. The molecule has 2 aromatic rings. The quantitative estimate of drug-likeness (QED) is 0.651. The number of imidazole rings is 1. The zero-order valence-corrected chi connectivity index (χ0v) is 17.9. The molecule has 2 heterocycles. The second-order valence-corrected chi connectivity index (χ2v) is 8.64. The largest absolute Gasteiger partial charge is 0.493 e. The standard InChI is InChI=1S/C19H25N3O6S/c1-12-20-18(11-21(12)2)29(24,25)22-7-6-13-8-16(26-3)17(27-4)9-14(13)15(22)10-19(23)28-5/h8-9,11,15H,6-7,10H2,1-5H3. The van der Waals surface area contributed by atoms with Crippen LogP contribution in [0.15, 0.2) is 23.4 Å². The van der Waals surface area contributed by atoms with Gasteiger partial charge in [0.2, 0.25) is 0 Å². The van der Waals surface area contributed by atoms with E-state index in [-0.39, 0.29) is 18.0 Å². The van der Waals surface area contributed by atoms with Crippen LogP contribution >= 0.6 is 0 Å². The van der Waals surface area contributed by atoms with Crippen LogP contribution in [0, 0.1) is 6.92 Å². The molecule has 3 rings (SSSR count). The van der Waals surface area contributed by atoms with Crippen LogP contribution in [0.3, 0.4) is 0 Å². The molecule has 0 N–H and O–H groups in total. The smallest absolute Gasteiger partial charge is 0.307 e. The number of esters is 1. The average molecular weight is 423 g/mol. The number of carbonyl (C=O) groups excluding carboxylic acids is 1. The van der Waals surface area contributed by atoms with E-state index in [1.54, 1.807) is 31.7 Å². The Morgan fingerprint density at radius 1 is 1.21 bits per heavy atom. The number of hydrogen-bond acceptors (Lipinski definition) is 7. The van der Waals surface area contributed by atoms with Gasteiger partial charge in [0.25, 0.3) is 10.0 Å². The molecule has 9 nitrogen and oxygen atoms in total. The van der Waals surface area contributed by atoms with E-state index in [0.29, 0.717) is 29.3 Å². The van der Waals surface area contributed by atoms with Gasteiger partial charge in [-0.3, -0.25) is 4.79 Å². The molecule has 29 heavy (non-hydrogen) atoms. The maximum absolute atomic E-state index is 13.4. The minimum absolute atomic E-state index is 0.0451. The van der Waals surface area contributed by atoms with Gasteiger partial charge in [0.1, 0.15) is 5.82 Å².